The SMILES string of the molecule is C=CC(=O)Nc1cc(Nc2ncc(Cl)c(Nc3ccccc3C(=O)C(=O)N(C)C)n2)c(OC)cc1C1CCN(C)CC1. The molecule has 0 radical (unpaired) electrons. The van der Waals surface area contributed by atoms with Crippen molar-refractivity contribution in [2.45, 2.75) is 18.8 Å². The van der Waals surface area contributed by atoms with E-state index < -0.39 is 11.7 Å². The molecule has 4 rings (SSSR count). The van der Waals surface area contributed by atoms with Crippen LogP contribution in [0.3, 0.4) is 0 Å². The van der Waals surface area contributed by atoms with Crippen LogP contribution in [-0.2, 0) is 9.59 Å². The van der Waals surface area contributed by atoms with Crippen molar-refractivity contribution in [3.63, 3.8) is 0 Å². The summed E-state index contributed by atoms with van der Waals surface area (Å²) in [7, 11) is 6.69. The lowest BCUT2D eigenvalue weighted by Gasteiger charge is -2.31. The predicted octanol–water partition coefficient (Wildman–Crippen LogP) is 4.83. The normalized spacial score (nSPS) is 13.6. The number of likely N-dealkylation sites (N-methyl/N-ethyl adjacent to an activating group) is 1. The number of carbonyl (C=O) groups excluding carboxylic acids is 3. The van der Waals surface area contributed by atoms with Crippen LogP contribution >= 0.6 is 11.6 Å². The van der Waals surface area contributed by atoms with E-state index >= 15 is 0 Å². The number of ether oxygens (including phenoxy) is 1. The van der Waals surface area contributed by atoms with Crippen LogP contribution in [-0.4, -0.2) is 78.7 Å². The van der Waals surface area contributed by atoms with E-state index in [1.165, 1.54) is 31.3 Å². The molecule has 1 aromatic heterocycles. The molecule has 1 aliphatic rings. The summed E-state index contributed by atoms with van der Waals surface area (Å²) >= 11 is 6.41. The summed E-state index contributed by atoms with van der Waals surface area (Å²) in [5.41, 5.74) is 2.68. The Bertz CT molecular complexity index is 1500. The molecule has 0 unspecified atom stereocenters. The second-order valence-corrected chi connectivity index (χ2v) is 10.5. The summed E-state index contributed by atoms with van der Waals surface area (Å²) in [6.07, 6.45) is 4.53. The molecule has 11 nitrogen and oxygen atoms in total. The van der Waals surface area contributed by atoms with Gasteiger partial charge in [0.15, 0.2) is 5.82 Å². The molecule has 2 aromatic carbocycles. The Hall–Kier alpha value is -4.48. The third kappa shape index (κ3) is 7.04. The number of Topliss-reactive ketones (excluding diaryl/α,β-unsaturated/α-hetero) is 1. The standard InChI is InChI=1S/C30H34ClN7O4/c1-6-26(39)33-23-16-24(25(42-5)15-20(23)18-11-13-38(4)14-12-18)35-30-32-17-21(31)28(36-30)34-22-10-8-7-9-19(22)27(40)29(41)37(2)3/h6-10,15-18H,1,11-14H2,2-5H3,(H,33,39)(H2,32,34,35,36). The number of likely N-dealkylation sites (tertiary alicyclic amines) is 1. The zero-order chi connectivity index (χ0) is 30.4. The maximum Gasteiger partial charge on any atom is 0.294 e. The Kier molecular flexibility index (Phi) is 9.76. The van der Waals surface area contributed by atoms with E-state index in [4.69, 9.17) is 16.3 Å². The first-order chi connectivity index (χ1) is 20.1. The Morgan fingerprint density at radius 3 is 2.48 bits per heavy atom. The Balaban J connectivity index is 1.66. The van der Waals surface area contributed by atoms with Gasteiger partial charge in [-0.1, -0.05) is 30.3 Å². The number of ketones is 1. The fourth-order valence-electron chi connectivity index (χ4n) is 4.68. The van der Waals surface area contributed by atoms with Crippen molar-refractivity contribution in [2.24, 2.45) is 0 Å². The number of benzene rings is 2. The monoisotopic (exact) mass is 591 g/mol. The molecule has 42 heavy (non-hydrogen) atoms. The van der Waals surface area contributed by atoms with Gasteiger partial charge in [0.1, 0.15) is 10.8 Å². The highest BCUT2D eigenvalue weighted by atomic mass is 35.5. The van der Waals surface area contributed by atoms with E-state index in [1.807, 2.05) is 6.07 Å². The molecule has 1 saturated heterocycles. The van der Waals surface area contributed by atoms with E-state index in [0.29, 0.717) is 22.8 Å². The molecule has 12 heteroatoms. The number of carbonyl (C=O) groups is 3. The zero-order valence-electron chi connectivity index (χ0n) is 24.0. The third-order valence-corrected chi connectivity index (χ3v) is 7.27. The molecule has 220 valence electrons. The number of nitrogens with zero attached hydrogens (tertiary/aromatic N) is 4. The van der Waals surface area contributed by atoms with Gasteiger partial charge in [0.2, 0.25) is 11.9 Å². The molecular formula is C30H34ClN7O4. The summed E-state index contributed by atoms with van der Waals surface area (Å²) < 4.78 is 5.71. The van der Waals surface area contributed by atoms with Gasteiger partial charge in [-0.3, -0.25) is 14.4 Å². The van der Waals surface area contributed by atoms with Crippen molar-refractivity contribution in [3.8, 4) is 5.75 Å². The molecule has 2 amide bonds. The highest BCUT2D eigenvalue weighted by Crippen LogP contribution is 2.40. The number of piperidine rings is 1. The van der Waals surface area contributed by atoms with Crippen molar-refractivity contribution in [3.05, 3.63) is 71.4 Å². The molecule has 0 saturated carbocycles. The van der Waals surface area contributed by atoms with Gasteiger partial charge in [-0.2, -0.15) is 4.98 Å². The lowest BCUT2D eigenvalue weighted by Crippen LogP contribution is -2.30. The summed E-state index contributed by atoms with van der Waals surface area (Å²) in [5.74, 6) is -0.461. The number of anilines is 5. The van der Waals surface area contributed by atoms with Gasteiger partial charge in [0.25, 0.3) is 11.7 Å². The number of para-hydroxylation sites is 1. The first-order valence-corrected chi connectivity index (χ1v) is 13.7. The molecule has 0 aliphatic carbocycles. The maximum absolute atomic E-state index is 12.8. The number of nitrogens with one attached hydrogen (secondary N) is 3. The van der Waals surface area contributed by atoms with E-state index in [0.717, 1.165) is 31.5 Å². The van der Waals surface area contributed by atoms with E-state index in [-0.39, 0.29) is 34.2 Å². The smallest absolute Gasteiger partial charge is 0.294 e. The summed E-state index contributed by atoms with van der Waals surface area (Å²) in [5, 5.41) is 9.34. The summed E-state index contributed by atoms with van der Waals surface area (Å²) in [6.45, 7) is 5.48. The van der Waals surface area contributed by atoms with Crippen LogP contribution in [0.1, 0.15) is 34.7 Å². The lowest BCUT2D eigenvalue weighted by molar-refractivity contribution is -0.124. The van der Waals surface area contributed by atoms with Crippen LogP contribution in [0, 0.1) is 0 Å². The average Bonchev–Trinajstić information content (AvgIpc) is 2.99. The fraction of sp³-hybridized carbons (Fsp3) is 0.300. The topological polar surface area (TPSA) is 129 Å². The van der Waals surface area contributed by atoms with Gasteiger partial charge >= 0.3 is 0 Å². The maximum atomic E-state index is 12.8. The van der Waals surface area contributed by atoms with Crippen LogP contribution in [0.4, 0.5) is 28.8 Å². The summed E-state index contributed by atoms with van der Waals surface area (Å²) in [6, 6.07) is 10.3. The van der Waals surface area contributed by atoms with Crippen molar-refractivity contribution in [1.82, 2.24) is 19.8 Å². The van der Waals surface area contributed by atoms with Gasteiger partial charge in [-0.05, 0) is 74.8 Å². The first kappa shape index (κ1) is 30.5. The van der Waals surface area contributed by atoms with Crippen LogP contribution in [0.5, 0.6) is 5.75 Å². The van der Waals surface area contributed by atoms with Gasteiger partial charge in [0, 0.05) is 19.8 Å². The molecule has 2 heterocycles. The zero-order valence-corrected chi connectivity index (χ0v) is 24.8. The molecule has 0 atom stereocenters. The highest BCUT2D eigenvalue weighted by molar-refractivity contribution is 6.43. The van der Waals surface area contributed by atoms with Crippen LogP contribution in [0.15, 0.2) is 55.3 Å². The van der Waals surface area contributed by atoms with Crippen LogP contribution in [0.2, 0.25) is 5.02 Å². The molecular weight excluding hydrogens is 558 g/mol. The van der Waals surface area contributed by atoms with Crippen molar-refractivity contribution in [1.29, 1.82) is 0 Å². The van der Waals surface area contributed by atoms with E-state index in [9.17, 15) is 14.4 Å². The number of methoxy groups -OCH3 is 1. The van der Waals surface area contributed by atoms with Gasteiger partial charge in [0.05, 0.1) is 30.2 Å². The number of halogens is 1. The number of hydrogen-bond donors (Lipinski definition) is 3. The number of amides is 2. The number of hydrogen-bond acceptors (Lipinski definition) is 9. The molecule has 3 aromatic rings. The second-order valence-electron chi connectivity index (χ2n) is 10.1. The highest BCUT2D eigenvalue weighted by Gasteiger charge is 2.25. The van der Waals surface area contributed by atoms with Gasteiger partial charge in [-0.15, -0.1) is 0 Å². The predicted molar refractivity (Wildman–Crippen MR) is 164 cm³/mol. The quantitative estimate of drug-likeness (QED) is 0.172. The first-order valence-electron chi connectivity index (χ1n) is 13.4. The number of rotatable bonds is 10. The average molecular weight is 592 g/mol. The van der Waals surface area contributed by atoms with Crippen LogP contribution < -0.4 is 20.7 Å². The van der Waals surface area contributed by atoms with Crippen molar-refractivity contribution in [2.75, 3.05) is 57.3 Å². The molecule has 0 spiro atoms. The fourth-order valence-corrected chi connectivity index (χ4v) is 4.82. The van der Waals surface area contributed by atoms with Gasteiger partial charge in [-0.25, -0.2) is 4.98 Å². The van der Waals surface area contributed by atoms with Crippen molar-refractivity contribution < 1.29 is 19.1 Å². The lowest BCUT2D eigenvalue weighted by atomic mass is 9.88. The molecule has 1 aliphatic heterocycles. The third-order valence-electron chi connectivity index (χ3n) is 6.99. The number of aromatic nitrogens is 2. The van der Waals surface area contributed by atoms with Crippen molar-refractivity contribution >= 4 is 58.0 Å². The van der Waals surface area contributed by atoms with E-state index in [1.54, 1.807) is 37.4 Å². The molecule has 1 fully saturated rings. The minimum absolute atomic E-state index is 0.175. The van der Waals surface area contributed by atoms with E-state index in [2.05, 4.69) is 44.4 Å². The molecule has 0 bridgehead atoms. The minimum Gasteiger partial charge on any atom is -0.495 e. The molecule has 3 N–H and O–H groups in total. The Morgan fingerprint density at radius 2 is 1.81 bits per heavy atom. The van der Waals surface area contributed by atoms with Gasteiger partial charge < -0.3 is 30.5 Å². The Labute approximate surface area is 249 Å². The largest absolute Gasteiger partial charge is 0.495 e. The Morgan fingerprint density at radius 1 is 1.10 bits per heavy atom. The second kappa shape index (κ2) is 13.5. The minimum atomic E-state index is -0.671. The van der Waals surface area contributed by atoms with Crippen LogP contribution in [0.25, 0.3) is 0 Å². The summed E-state index contributed by atoms with van der Waals surface area (Å²) in [4.78, 5) is 49.7.